The first kappa shape index (κ1) is 16.5. The smallest absolute Gasteiger partial charge is 0.244 e. The van der Waals surface area contributed by atoms with E-state index < -0.39 is 0 Å². The second kappa shape index (κ2) is 6.52. The lowest BCUT2D eigenvalue weighted by molar-refractivity contribution is -0.147. The van der Waals surface area contributed by atoms with E-state index in [0.717, 1.165) is 16.0 Å². The van der Waals surface area contributed by atoms with Crippen molar-refractivity contribution in [1.82, 2.24) is 4.90 Å². The Morgan fingerprint density at radius 1 is 1.18 bits per heavy atom. The lowest BCUT2D eigenvalue weighted by Crippen LogP contribution is -2.52. The Labute approximate surface area is 134 Å². The number of hydrogen-bond acceptors (Lipinski definition) is 4. The molecule has 1 saturated heterocycles. The minimum atomic E-state index is -0.361. The predicted octanol–water partition coefficient (Wildman–Crippen LogP) is 2.12. The summed E-state index contributed by atoms with van der Waals surface area (Å²) in [6.45, 7) is 7.15. The maximum absolute atomic E-state index is 12.2. The van der Waals surface area contributed by atoms with Gasteiger partial charge in [-0.3, -0.25) is 19.3 Å². The summed E-state index contributed by atoms with van der Waals surface area (Å²) < 4.78 is 0. The molecule has 5 nitrogen and oxygen atoms in total. The Hall–Kier alpha value is -1.82. The first-order valence-electron chi connectivity index (χ1n) is 7.17. The molecule has 1 N–H and O–H groups in total. The number of amides is 3. The molecule has 0 aromatic heterocycles. The summed E-state index contributed by atoms with van der Waals surface area (Å²) >= 11 is 1.32. The number of nitrogens with zero attached hydrogens (tertiary/aromatic N) is 1. The highest BCUT2D eigenvalue weighted by molar-refractivity contribution is 8.02. The molecule has 1 aromatic carbocycles. The van der Waals surface area contributed by atoms with E-state index in [-0.39, 0.29) is 34.8 Å². The highest BCUT2D eigenvalue weighted by Gasteiger charge is 2.37. The monoisotopic (exact) mass is 320 g/mol. The number of imide groups is 1. The molecule has 118 valence electrons. The number of carbonyl (C=O) groups excluding carboxylic acids is 3. The molecule has 22 heavy (non-hydrogen) atoms. The van der Waals surface area contributed by atoms with Gasteiger partial charge < -0.3 is 5.32 Å². The maximum Gasteiger partial charge on any atom is 0.244 e. The molecule has 0 spiro atoms. The molecule has 0 unspecified atom stereocenters. The van der Waals surface area contributed by atoms with Crippen LogP contribution in [0.15, 0.2) is 18.2 Å². The van der Waals surface area contributed by atoms with Crippen LogP contribution in [0.5, 0.6) is 0 Å². The van der Waals surface area contributed by atoms with Crippen molar-refractivity contribution in [2.75, 3.05) is 11.9 Å². The van der Waals surface area contributed by atoms with Crippen LogP contribution in [0.3, 0.4) is 0 Å². The van der Waals surface area contributed by atoms with Gasteiger partial charge in [-0.25, -0.2) is 0 Å². The molecule has 0 bridgehead atoms. The Balaban J connectivity index is 2.07. The lowest BCUT2D eigenvalue weighted by Gasteiger charge is -2.31. The van der Waals surface area contributed by atoms with Crippen molar-refractivity contribution in [1.29, 1.82) is 0 Å². The molecule has 6 heteroatoms. The van der Waals surface area contributed by atoms with Gasteiger partial charge in [0.1, 0.15) is 6.54 Å². The van der Waals surface area contributed by atoms with Crippen molar-refractivity contribution in [2.45, 2.75) is 38.2 Å². The normalized spacial score (nSPS) is 21.9. The number of carbonyl (C=O) groups is 3. The van der Waals surface area contributed by atoms with E-state index in [9.17, 15) is 14.4 Å². The fraction of sp³-hybridized carbons (Fsp3) is 0.438. The summed E-state index contributed by atoms with van der Waals surface area (Å²) in [6, 6.07) is 5.69. The standard InChI is InChI=1S/C16H20N2O3S/c1-9-5-6-13(10(2)7-9)17-14(19)8-18-15(20)11(3)22-12(4)16(18)21/h5-7,11-12H,8H2,1-4H3,(H,17,19)/t11-,12-/m0/s1. The molecule has 1 aliphatic rings. The number of thioether (sulfide) groups is 1. The second-order valence-corrected chi connectivity index (χ2v) is 7.24. The van der Waals surface area contributed by atoms with Gasteiger partial charge in [-0.2, -0.15) is 0 Å². The molecule has 0 saturated carbocycles. The van der Waals surface area contributed by atoms with Crippen molar-refractivity contribution in [3.63, 3.8) is 0 Å². The van der Waals surface area contributed by atoms with E-state index in [2.05, 4.69) is 5.32 Å². The van der Waals surface area contributed by atoms with Crippen molar-refractivity contribution in [2.24, 2.45) is 0 Å². The molecule has 1 heterocycles. The van der Waals surface area contributed by atoms with Crippen LogP contribution < -0.4 is 5.32 Å². The van der Waals surface area contributed by atoms with Gasteiger partial charge in [0.05, 0.1) is 10.5 Å². The SMILES string of the molecule is Cc1ccc(NC(=O)CN2C(=O)[C@H](C)S[C@@H](C)C2=O)c(C)c1. The van der Waals surface area contributed by atoms with Crippen LogP contribution in [-0.2, 0) is 14.4 Å². The van der Waals surface area contributed by atoms with Crippen molar-refractivity contribution >= 4 is 35.2 Å². The second-order valence-electron chi connectivity index (χ2n) is 5.55. The Kier molecular flexibility index (Phi) is 4.90. The largest absolute Gasteiger partial charge is 0.324 e. The van der Waals surface area contributed by atoms with E-state index >= 15 is 0 Å². The van der Waals surface area contributed by atoms with Gasteiger partial charge >= 0.3 is 0 Å². The number of anilines is 1. The van der Waals surface area contributed by atoms with Crippen LogP contribution in [0.2, 0.25) is 0 Å². The van der Waals surface area contributed by atoms with E-state index in [0.29, 0.717) is 5.69 Å². The average Bonchev–Trinajstić information content (AvgIpc) is 2.44. The fourth-order valence-electron chi connectivity index (χ4n) is 2.41. The molecule has 1 fully saturated rings. The quantitative estimate of drug-likeness (QED) is 0.866. The van der Waals surface area contributed by atoms with Crippen LogP contribution in [0.1, 0.15) is 25.0 Å². The van der Waals surface area contributed by atoms with E-state index in [1.807, 2.05) is 32.0 Å². The van der Waals surface area contributed by atoms with Gasteiger partial charge in [-0.15, -0.1) is 11.8 Å². The number of benzene rings is 1. The van der Waals surface area contributed by atoms with Gasteiger partial charge in [0.25, 0.3) is 0 Å². The van der Waals surface area contributed by atoms with Gasteiger partial charge in [0.15, 0.2) is 0 Å². The zero-order chi connectivity index (χ0) is 16.4. The van der Waals surface area contributed by atoms with Crippen LogP contribution in [0.4, 0.5) is 5.69 Å². The third-order valence-corrected chi connectivity index (χ3v) is 4.81. The van der Waals surface area contributed by atoms with E-state index in [4.69, 9.17) is 0 Å². The summed E-state index contributed by atoms with van der Waals surface area (Å²) in [5.74, 6) is -0.965. The van der Waals surface area contributed by atoms with Crippen LogP contribution in [-0.4, -0.2) is 39.7 Å². The van der Waals surface area contributed by atoms with Crippen molar-refractivity contribution in [3.8, 4) is 0 Å². The number of hydrogen-bond donors (Lipinski definition) is 1. The van der Waals surface area contributed by atoms with Gasteiger partial charge in [0, 0.05) is 5.69 Å². The highest BCUT2D eigenvalue weighted by atomic mass is 32.2. The summed E-state index contributed by atoms with van der Waals surface area (Å²) in [5, 5.41) is 2.16. The predicted molar refractivity (Wildman–Crippen MR) is 87.8 cm³/mol. The minimum absolute atomic E-state index is 0.236. The molecule has 0 radical (unpaired) electrons. The Morgan fingerprint density at radius 3 is 2.32 bits per heavy atom. The number of rotatable bonds is 3. The molecule has 2 rings (SSSR count). The third-order valence-electron chi connectivity index (χ3n) is 3.59. The Morgan fingerprint density at radius 2 is 1.77 bits per heavy atom. The number of aryl methyl sites for hydroxylation is 2. The molecule has 1 aromatic rings. The van der Waals surface area contributed by atoms with Crippen LogP contribution in [0.25, 0.3) is 0 Å². The van der Waals surface area contributed by atoms with Crippen LogP contribution in [0, 0.1) is 13.8 Å². The van der Waals surface area contributed by atoms with Gasteiger partial charge in [-0.1, -0.05) is 17.7 Å². The van der Waals surface area contributed by atoms with Crippen molar-refractivity contribution < 1.29 is 14.4 Å². The third kappa shape index (κ3) is 3.50. The molecule has 1 aliphatic heterocycles. The first-order chi connectivity index (χ1) is 10.3. The van der Waals surface area contributed by atoms with Crippen LogP contribution >= 0.6 is 11.8 Å². The topological polar surface area (TPSA) is 66.5 Å². The Bertz CT molecular complexity index is 610. The zero-order valence-electron chi connectivity index (χ0n) is 13.2. The summed E-state index contributed by atoms with van der Waals surface area (Å²) in [7, 11) is 0. The molecule has 2 atom stereocenters. The average molecular weight is 320 g/mol. The molecular formula is C16H20N2O3S. The number of nitrogens with one attached hydrogen (secondary N) is 1. The highest BCUT2D eigenvalue weighted by Crippen LogP contribution is 2.27. The maximum atomic E-state index is 12.2. The van der Waals surface area contributed by atoms with E-state index in [1.54, 1.807) is 13.8 Å². The van der Waals surface area contributed by atoms with E-state index in [1.165, 1.54) is 11.8 Å². The lowest BCUT2D eigenvalue weighted by atomic mass is 10.1. The summed E-state index contributed by atoms with van der Waals surface area (Å²) in [6.07, 6.45) is 0. The van der Waals surface area contributed by atoms with Gasteiger partial charge in [-0.05, 0) is 39.3 Å². The summed E-state index contributed by atoms with van der Waals surface area (Å²) in [5.41, 5.74) is 2.75. The zero-order valence-corrected chi connectivity index (χ0v) is 14.0. The molecule has 3 amide bonds. The summed E-state index contributed by atoms with van der Waals surface area (Å²) in [4.78, 5) is 37.4. The molecule has 0 aliphatic carbocycles. The van der Waals surface area contributed by atoms with Gasteiger partial charge in [0.2, 0.25) is 17.7 Å². The first-order valence-corrected chi connectivity index (χ1v) is 8.11. The molecular weight excluding hydrogens is 300 g/mol. The minimum Gasteiger partial charge on any atom is -0.324 e. The fourth-order valence-corrected chi connectivity index (χ4v) is 3.51. The van der Waals surface area contributed by atoms with Crippen molar-refractivity contribution in [3.05, 3.63) is 29.3 Å².